The first-order valence-corrected chi connectivity index (χ1v) is 8.51. The molecule has 6 nitrogen and oxygen atoms in total. The number of esters is 1. The number of carbonyl (C=O) groups excluding carboxylic acids is 2. The molecule has 0 heterocycles. The van der Waals surface area contributed by atoms with Crippen molar-refractivity contribution in [3.63, 3.8) is 0 Å². The lowest BCUT2D eigenvalue weighted by Crippen LogP contribution is -2.10. The van der Waals surface area contributed by atoms with Crippen molar-refractivity contribution in [2.75, 3.05) is 18.5 Å². The molecule has 0 bridgehead atoms. The Bertz CT molecular complexity index is 727. The Balaban J connectivity index is 1.73. The molecule has 26 heavy (non-hydrogen) atoms. The lowest BCUT2D eigenvalue weighted by Gasteiger charge is -2.11. The molecule has 2 aromatic carbocycles. The quantitative estimate of drug-likeness (QED) is 0.420. The second-order valence-electron chi connectivity index (χ2n) is 5.51. The van der Waals surface area contributed by atoms with Crippen LogP contribution in [0.15, 0.2) is 48.5 Å². The Hall–Kier alpha value is -3.02. The van der Waals surface area contributed by atoms with Gasteiger partial charge in [0.2, 0.25) is 5.91 Å². The summed E-state index contributed by atoms with van der Waals surface area (Å²) in [5.74, 6) is 1.31. The molecule has 0 aromatic heterocycles. The van der Waals surface area contributed by atoms with Crippen LogP contribution in [0, 0.1) is 0 Å². The van der Waals surface area contributed by atoms with Gasteiger partial charge in [-0.15, -0.1) is 0 Å². The maximum atomic E-state index is 11.9. The Labute approximate surface area is 153 Å². The number of rotatable bonds is 9. The van der Waals surface area contributed by atoms with E-state index in [9.17, 15) is 9.59 Å². The van der Waals surface area contributed by atoms with Crippen LogP contribution in [0.5, 0.6) is 17.2 Å². The van der Waals surface area contributed by atoms with Gasteiger partial charge >= 0.3 is 5.97 Å². The van der Waals surface area contributed by atoms with Gasteiger partial charge in [0.15, 0.2) is 11.5 Å². The maximum absolute atomic E-state index is 11.9. The molecule has 0 spiro atoms. The van der Waals surface area contributed by atoms with E-state index < -0.39 is 0 Å². The number of nitrogens with one attached hydrogen (secondary N) is 1. The molecule has 2 aromatic rings. The van der Waals surface area contributed by atoms with Gasteiger partial charge in [-0.3, -0.25) is 9.59 Å². The molecule has 0 aliphatic heterocycles. The van der Waals surface area contributed by atoms with E-state index in [4.69, 9.17) is 14.2 Å². The van der Waals surface area contributed by atoms with Crippen LogP contribution in [0.25, 0.3) is 0 Å². The van der Waals surface area contributed by atoms with Gasteiger partial charge in [0.1, 0.15) is 5.75 Å². The van der Waals surface area contributed by atoms with Crippen LogP contribution in [0.4, 0.5) is 5.69 Å². The average molecular weight is 357 g/mol. The van der Waals surface area contributed by atoms with E-state index in [0.29, 0.717) is 42.6 Å². The number of anilines is 1. The van der Waals surface area contributed by atoms with E-state index in [0.717, 1.165) is 0 Å². The predicted octanol–water partition coefficient (Wildman–Crippen LogP) is 3.81. The highest BCUT2D eigenvalue weighted by Crippen LogP contribution is 2.26. The number of benzene rings is 2. The summed E-state index contributed by atoms with van der Waals surface area (Å²) >= 11 is 0. The molecule has 1 amide bonds. The SMILES string of the molecule is CCOc1ccccc1OCCCC(=O)Oc1ccc(NC(C)=O)cc1. The van der Waals surface area contributed by atoms with Gasteiger partial charge in [-0.05, 0) is 49.7 Å². The van der Waals surface area contributed by atoms with Crippen LogP contribution in [-0.2, 0) is 9.59 Å². The highest BCUT2D eigenvalue weighted by Gasteiger charge is 2.07. The van der Waals surface area contributed by atoms with Crippen molar-refractivity contribution in [1.29, 1.82) is 0 Å². The third kappa shape index (κ3) is 6.47. The maximum Gasteiger partial charge on any atom is 0.311 e. The van der Waals surface area contributed by atoms with Crippen LogP contribution >= 0.6 is 0 Å². The standard InChI is InChI=1S/C20H23NO5/c1-3-24-18-7-4-5-8-19(18)25-14-6-9-20(23)26-17-12-10-16(11-13-17)21-15(2)22/h4-5,7-8,10-13H,3,6,9,14H2,1-2H3,(H,21,22). The number of amides is 1. The van der Waals surface area contributed by atoms with Crippen LogP contribution in [0.2, 0.25) is 0 Å². The zero-order chi connectivity index (χ0) is 18.8. The van der Waals surface area contributed by atoms with E-state index in [1.807, 2.05) is 31.2 Å². The fourth-order valence-corrected chi connectivity index (χ4v) is 2.23. The number of para-hydroxylation sites is 2. The molecule has 0 atom stereocenters. The van der Waals surface area contributed by atoms with Crippen LogP contribution in [0.3, 0.4) is 0 Å². The molecule has 1 N–H and O–H groups in total. The molecular weight excluding hydrogens is 334 g/mol. The zero-order valence-electron chi connectivity index (χ0n) is 15.0. The number of hydrogen-bond acceptors (Lipinski definition) is 5. The zero-order valence-corrected chi connectivity index (χ0v) is 15.0. The number of carbonyl (C=O) groups is 2. The van der Waals surface area contributed by atoms with E-state index in [2.05, 4.69) is 5.32 Å². The minimum Gasteiger partial charge on any atom is -0.490 e. The van der Waals surface area contributed by atoms with Crippen molar-refractivity contribution in [1.82, 2.24) is 0 Å². The number of ether oxygens (including phenoxy) is 3. The third-order valence-electron chi connectivity index (χ3n) is 3.34. The Morgan fingerprint density at radius 3 is 2.23 bits per heavy atom. The highest BCUT2D eigenvalue weighted by molar-refractivity contribution is 5.88. The molecule has 0 aliphatic rings. The molecule has 0 unspecified atom stereocenters. The summed E-state index contributed by atoms with van der Waals surface area (Å²) in [7, 11) is 0. The molecule has 2 rings (SSSR count). The molecule has 0 fully saturated rings. The fourth-order valence-electron chi connectivity index (χ4n) is 2.23. The topological polar surface area (TPSA) is 73.9 Å². The molecule has 0 aliphatic carbocycles. The summed E-state index contributed by atoms with van der Waals surface area (Å²) in [6.45, 7) is 4.30. The van der Waals surface area contributed by atoms with Gasteiger partial charge in [0.05, 0.1) is 13.2 Å². The van der Waals surface area contributed by atoms with Crippen molar-refractivity contribution in [2.45, 2.75) is 26.7 Å². The van der Waals surface area contributed by atoms with Gasteiger partial charge < -0.3 is 19.5 Å². The van der Waals surface area contributed by atoms with E-state index in [1.54, 1.807) is 24.3 Å². The fraction of sp³-hybridized carbons (Fsp3) is 0.300. The minimum absolute atomic E-state index is 0.152. The largest absolute Gasteiger partial charge is 0.490 e. The summed E-state index contributed by atoms with van der Waals surface area (Å²) < 4.78 is 16.4. The predicted molar refractivity (Wildman–Crippen MR) is 98.7 cm³/mol. The number of hydrogen-bond donors (Lipinski definition) is 1. The Morgan fingerprint density at radius 2 is 1.62 bits per heavy atom. The lowest BCUT2D eigenvalue weighted by atomic mass is 10.3. The Morgan fingerprint density at radius 1 is 0.962 bits per heavy atom. The molecule has 0 radical (unpaired) electrons. The normalized spacial score (nSPS) is 10.1. The first kappa shape index (κ1) is 19.3. The summed E-state index contributed by atoms with van der Waals surface area (Å²) in [4.78, 5) is 22.9. The van der Waals surface area contributed by atoms with Crippen molar-refractivity contribution >= 4 is 17.6 Å². The summed E-state index contributed by atoms with van der Waals surface area (Å²) in [6.07, 6.45) is 0.771. The van der Waals surface area contributed by atoms with Crippen molar-refractivity contribution in [3.05, 3.63) is 48.5 Å². The third-order valence-corrected chi connectivity index (χ3v) is 3.34. The van der Waals surface area contributed by atoms with E-state index in [1.165, 1.54) is 6.92 Å². The van der Waals surface area contributed by atoms with Crippen molar-refractivity contribution in [3.8, 4) is 17.2 Å². The first-order valence-electron chi connectivity index (χ1n) is 8.51. The first-order chi connectivity index (χ1) is 12.6. The van der Waals surface area contributed by atoms with Gasteiger partial charge in [0.25, 0.3) is 0 Å². The van der Waals surface area contributed by atoms with Gasteiger partial charge in [-0.25, -0.2) is 0 Å². The summed E-state index contributed by atoms with van der Waals surface area (Å²) in [6, 6.07) is 14.1. The second-order valence-corrected chi connectivity index (χ2v) is 5.51. The summed E-state index contributed by atoms with van der Waals surface area (Å²) in [5, 5.41) is 2.65. The van der Waals surface area contributed by atoms with Gasteiger partial charge in [0, 0.05) is 19.0 Å². The lowest BCUT2D eigenvalue weighted by molar-refractivity contribution is -0.134. The minimum atomic E-state index is -0.334. The van der Waals surface area contributed by atoms with Crippen LogP contribution in [0.1, 0.15) is 26.7 Å². The molecule has 138 valence electrons. The molecular formula is C20H23NO5. The van der Waals surface area contributed by atoms with Crippen LogP contribution < -0.4 is 19.5 Å². The second kappa shape index (κ2) is 10.1. The van der Waals surface area contributed by atoms with Gasteiger partial charge in [-0.2, -0.15) is 0 Å². The van der Waals surface area contributed by atoms with Crippen molar-refractivity contribution < 1.29 is 23.8 Å². The molecule has 6 heteroatoms. The van der Waals surface area contributed by atoms with E-state index >= 15 is 0 Å². The highest BCUT2D eigenvalue weighted by atomic mass is 16.5. The molecule has 0 saturated heterocycles. The van der Waals surface area contributed by atoms with E-state index in [-0.39, 0.29) is 18.3 Å². The monoisotopic (exact) mass is 357 g/mol. The smallest absolute Gasteiger partial charge is 0.311 e. The van der Waals surface area contributed by atoms with Gasteiger partial charge in [-0.1, -0.05) is 12.1 Å². The van der Waals surface area contributed by atoms with Crippen molar-refractivity contribution in [2.24, 2.45) is 0 Å². The summed E-state index contributed by atoms with van der Waals surface area (Å²) in [5.41, 5.74) is 0.652. The van der Waals surface area contributed by atoms with Crippen LogP contribution in [-0.4, -0.2) is 25.1 Å². The molecule has 0 saturated carbocycles. The average Bonchev–Trinajstić information content (AvgIpc) is 2.61. The Kier molecular flexibility index (Phi) is 7.49.